The predicted molar refractivity (Wildman–Crippen MR) is 137 cm³/mol. The average molecular weight is 625 g/mol. The molecule has 3 aliphatic rings. The number of carbonyl (C=O) groups is 1. The number of ether oxygens (including phenoxy) is 8. The van der Waals surface area contributed by atoms with Crippen LogP contribution in [0.5, 0.6) is 0 Å². The third kappa shape index (κ3) is 7.98. The van der Waals surface area contributed by atoms with Gasteiger partial charge in [-0.2, -0.15) is 8.42 Å². The van der Waals surface area contributed by atoms with E-state index < -0.39 is 96.1 Å². The van der Waals surface area contributed by atoms with Crippen molar-refractivity contribution in [3.05, 3.63) is 20.9 Å². The fourth-order valence-corrected chi connectivity index (χ4v) is 5.96. The van der Waals surface area contributed by atoms with Crippen LogP contribution in [0.1, 0.15) is 34.1 Å². The van der Waals surface area contributed by atoms with Gasteiger partial charge in [0.05, 0.1) is 36.5 Å². The molecule has 0 aromatic heterocycles. The molecule has 14 atom stereocenters. The van der Waals surface area contributed by atoms with Crippen LogP contribution in [0.15, 0.2) is 10.2 Å². The van der Waals surface area contributed by atoms with Gasteiger partial charge in [0, 0.05) is 30.0 Å². The van der Waals surface area contributed by atoms with Crippen molar-refractivity contribution in [2.45, 2.75) is 108 Å². The molecule has 0 aliphatic carbocycles. The van der Waals surface area contributed by atoms with E-state index in [1.165, 1.54) is 21.1 Å². The van der Waals surface area contributed by atoms with Crippen LogP contribution in [0.4, 0.5) is 0 Å². The Balaban J connectivity index is 1.92. The second-order valence-corrected chi connectivity index (χ2v) is 11.2. The van der Waals surface area contributed by atoms with Crippen LogP contribution < -0.4 is 0 Å². The summed E-state index contributed by atoms with van der Waals surface area (Å²) in [7, 11) is -2.21. The standard InChI is InChI=1S/C22H36N6O13S/c1-9-15(26-28-24)20(34-6)37-12(4)16(9)38-22-18(41-42(30,31)32)10(2)17(21(40-22)35-8-29)39-19-13(25-27-23)7-14(33-5)11(3)36-19/h8-22H,7H2,1-6H3,(H,30,31,32)/t9-,10+,11?,12?,13?,14+,15?,16+,17+,18?,19-,20+,21?,22-/m1/s1. The van der Waals surface area contributed by atoms with Gasteiger partial charge in [0.1, 0.15) is 12.2 Å². The Morgan fingerprint density at radius 1 is 0.833 bits per heavy atom. The molecule has 20 heteroatoms. The van der Waals surface area contributed by atoms with E-state index >= 15 is 0 Å². The van der Waals surface area contributed by atoms with Crippen molar-refractivity contribution in [3.8, 4) is 0 Å². The first-order chi connectivity index (χ1) is 19.9. The molecule has 0 saturated carbocycles. The first-order valence-electron chi connectivity index (χ1n) is 13.0. The minimum Gasteiger partial charge on any atom is -0.435 e. The Labute approximate surface area is 242 Å². The van der Waals surface area contributed by atoms with Gasteiger partial charge in [-0.1, -0.05) is 24.1 Å². The van der Waals surface area contributed by atoms with Gasteiger partial charge in [0.15, 0.2) is 18.9 Å². The van der Waals surface area contributed by atoms with Gasteiger partial charge in [-0.3, -0.25) is 9.35 Å². The lowest BCUT2D eigenvalue weighted by Crippen LogP contribution is -2.61. The summed E-state index contributed by atoms with van der Waals surface area (Å²) < 4.78 is 83.9. The zero-order chi connectivity index (χ0) is 31.2. The fraction of sp³-hybridized carbons (Fsp3) is 0.955. The largest absolute Gasteiger partial charge is 0.435 e. The molecule has 42 heavy (non-hydrogen) atoms. The molecule has 0 bridgehead atoms. The van der Waals surface area contributed by atoms with E-state index in [0.29, 0.717) is 0 Å². The van der Waals surface area contributed by atoms with E-state index in [-0.39, 0.29) is 12.9 Å². The van der Waals surface area contributed by atoms with Crippen molar-refractivity contribution in [2.24, 2.45) is 22.1 Å². The van der Waals surface area contributed by atoms with Crippen molar-refractivity contribution in [2.75, 3.05) is 14.2 Å². The molecule has 0 radical (unpaired) electrons. The number of rotatable bonds is 12. The lowest BCUT2D eigenvalue weighted by molar-refractivity contribution is -0.373. The number of methoxy groups -OCH3 is 2. The van der Waals surface area contributed by atoms with Gasteiger partial charge < -0.3 is 37.9 Å². The molecule has 3 saturated heterocycles. The smallest absolute Gasteiger partial charge is 0.397 e. The molecule has 1 N–H and O–H groups in total. The number of hydrogen-bond acceptors (Lipinski definition) is 14. The molecule has 3 rings (SSSR count). The normalized spacial score (nSPS) is 42.5. The highest BCUT2D eigenvalue weighted by Gasteiger charge is 2.53. The zero-order valence-corrected chi connectivity index (χ0v) is 24.6. The van der Waals surface area contributed by atoms with Crippen molar-refractivity contribution < 1.29 is 59.8 Å². The lowest BCUT2D eigenvalue weighted by atomic mass is 9.89. The van der Waals surface area contributed by atoms with Crippen molar-refractivity contribution in [1.29, 1.82) is 0 Å². The predicted octanol–water partition coefficient (Wildman–Crippen LogP) is 1.97. The third-order valence-corrected chi connectivity index (χ3v) is 8.04. The number of nitrogens with zero attached hydrogens (tertiary/aromatic N) is 6. The quantitative estimate of drug-likeness (QED) is 0.107. The van der Waals surface area contributed by atoms with E-state index in [2.05, 4.69) is 20.1 Å². The Bertz CT molecular complexity index is 1120. The molecule has 6 unspecified atom stereocenters. The fourth-order valence-electron chi connectivity index (χ4n) is 5.41. The summed E-state index contributed by atoms with van der Waals surface area (Å²) >= 11 is 0. The van der Waals surface area contributed by atoms with Gasteiger partial charge in [-0.05, 0) is 37.2 Å². The van der Waals surface area contributed by atoms with Crippen LogP contribution in [0, 0.1) is 11.8 Å². The summed E-state index contributed by atoms with van der Waals surface area (Å²) in [6.45, 7) is 6.66. The van der Waals surface area contributed by atoms with Crippen molar-refractivity contribution in [1.82, 2.24) is 0 Å². The van der Waals surface area contributed by atoms with Gasteiger partial charge in [-0.25, -0.2) is 4.18 Å². The first-order valence-corrected chi connectivity index (χ1v) is 14.4. The van der Waals surface area contributed by atoms with E-state index in [0.717, 1.165) is 0 Å². The van der Waals surface area contributed by atoms with Crippen LogP contribution in [0.2, 0.25) is 0 Å². The van der Waals surface area contributed by atoms with Gasteiger partial charge in [0.25, 0.3) is 6.47 Å². The Hall–Kier alpha value is -2.32. The van der Waals surface area contributed by atoms with E-state index in [1.807, 2.05) is 0 Å². The van der Waals surface area contributed by atoms with Crippen molar-refractivity contribution in [3.63, 3.8) is 0 Å². The van der Waals surface area contributed by atoms with Crippen LogP contribution >= 0.6 is 0 Å². The Morgan fingerprint density at radius 3 is 2.05 bits per heavy atom. The SMILES string of the molecule is CO[C@H]1OC(C)[C@@H](O[C@@H]2OC(OC=O)[C@@H](O[C@H]3OC(C)[C@@H](OC)CC3N=[N+]=[N-])[C@H](C)C2OS(=O)(=O)O)[C@H](C)C1N=[N+]=[N-]. The van der Waals surface area contributed by atoms with Gasteiger partial charge >= 0.3 is 10.4 Å². The number of carbonyl (C=O) groups excluding carboxylic acids is 1. The summed E-state index contributed by atoms with van der Waals surface area (Å²) in [6.07, 6.45) is -10.2. The topological polar surface area (TPSA) is 252 Å². The molecule has 0 aromatic carbocycles. The molecule has 3 heterocycles. The van der Waals surface area contributed by atoms with E-state index in [9.17, 15) is 17.8 Å². The van der Waals surface area contributed by atoms with Gasteiger partial charge in [0.2, 0.25) is 6.29 Å². The summed E-state index contributed by atoms with van der Waals surface area (Å²) in [5, 5.41) is 7.47. The number of hydrogen-bond donors (Lipinski definition) is 1. The summed E-state index contributed by atoms with van der Waals surface area (Å²) in [5.74, 6) is -1.56. The maximum Gasteiger partial charge on any atom is 0.397 e. The molecule has 3 aliphatic heterocycles. The van der Waals surface area contributed by atoms with Crippen LogP contribution in [0.25, 0.3) is 20.9 Å². The van der Waals surface area contributed by atoms with Crippen LogP contribution in [-0.4, -0.2) is 108 Å². The Kier molecular flexibility index (Phi) is 12.1. The molecule has 0 aromatic rings. The summed E-state index contributed by atoms with van der Waals surface area (Å²) in [5.41, 5.74) is 18.1. The molecule has 0 amide bonds. The average Bonchev–Trinajstić information content (AvgIpc) is 2.92. The maximum atomic E-state index is 11.9. The second kappa shape index (κ2) is 14.9. The van der Waals surface area contributed by atoms with E-state index in [4.69, 9.17) is 53.1 Å². The number of azide groups is 2. The zero-order valence-electron chi connectivity index (χ0n) is 23.8. The highest BCUT2D eigenvalue weighted by molar-refractivity contribution is 7.80. The molecule has 19 nitrogen and oxygen atoms in total. The summed E-state index contributed by atoms with van der Waals surface area (Å²) in [6, 6.07) is -1.71. The second-order valence-electron chi connectivity index (χ2n) is 10.1. The molecular formula is C22H36N6O13S. The van der Waals surface area contributed by atoms with Crippen LogP contribution in [-0.2, 0) is 57.3 Å². The van der Waals surface area contributed by atoms with E-state index in [1.54, 1.807) is 20.8 Å². The highest BCUT2D eigenvalue weighted by atomic mass is 32.3. The van der Waals surface area contributed by atoms with Crippen molar-refractivity contribution >= 4 is 16.9 Å². The molecule has 3 fully saturated rings. The first kappa shape index (κ1) is 34.2. The monoisotopic (exact) mass is 624 g/mol. The molecule has 238 valence electrons. The summed E-state index contributed by atoms with van der Waals surface area (Å²) in [4.78, 5) is 17.1. The highest BCUT2D eigenvalue weighted by Crippen LogP contribution is 2.38. The lowest BCUT2D eigenvalue weighted by Gasteiger charge is -2.48. The maximum absolute atomic E-state index is 11.9. The molecule has 0 spiro atoms. The third-order valence-electron chi connectivity index (χ3n) is 7.57. The van der Waals surface area contributed by atoms with Gasteiger partial charge in [-0.15, -0.1) is 0 Å². The Morgan fingerprint density at radius 2 is 1.48 bits per heavy atom. The minimum atomic E-state index is -5.07. The molecular weight excluding hydrogens is 588 g/mol. The minimum absolute atomic E-state index is 0.0980. The van der Waals surface area contributed by atoms with Crippen LogP contribution in [0.3, 0.4) is 0 Å².